The van der Waals surface area contributed by atoms with Crippen LogP contribution in [0.1, 0.15) is 60.8 Å². The number of nitrogens with zero attached hydrogens (tertiary/aromatic N) is 4. The molecule has 152 valence electrons. The van der Waals surface area contributed by atoms with Crippen LogP contribution in [0.25, 0.3) is 0 Å². The number of rotatable bonds is 3. The van der Waals surface area contributed by atoms with Gasteiger partial charge in [0.15, 0.2) is 23.6 Å². The summed E-state index contributed by atoms with van der Waals surface area (Å²) in [6, 6.07) is 1.67. The number of halogens is 3. The highest BCUT2D eigenvalue weighted by molar-refractivity contribution is 5.44. The van der Waals surface area contributed by atoms with E-state index in [1.807, 2.05) is 17.7 Å². The molecule has 29 heavy (non-hydrogen) atoms. The molecule has 3 atom stereocenters. The van der Waals surface area contributed by atoms with Crippen molar-refractivity contribution in [1.82, 2.24) is 25.0 Å². The van der Waals surface area contributed by atoms with Crippen molar-refractivity contribution in [3.8, 4) is 5.75 Å². The summed E-state index contributed by atoms with van der Waals surface area (Å²) in [6.45, 7) is 3.93. The van der Waals surface area contributed by atoms with E-state index < -0.39 is 23.4 Å². The summed E-state index contributed by atoms with van der Waals surface area (Å²) in [5.74, 6) is -0.901. The molecule has 3 heterocycles. The largest absolute Gasteiger partial charge is 0.473 e. The van der Waals surface area contributed by atoms with Gasteiger partial charge in [-0.25, -0.2) is 13.2 Å². The predicted octanol–water partition coefficient (Wildman–Crippen LogP) is 3.89. The number of hydrogen-bond acceptors (Lipinski definition) is 4. The second-order valence-corrected chi connectivity index (χ2v) is 7.82. The van der Waals surface area contributed by atoms with Crippen LogP contribution in [0.4, 0.5) is 13.2 Å². The van der Waals surface area contributed by atoms with Crippen molar-refractivity contribution < 1.29 is 17.9 Å². The molecular weight excluding hydrogens is 383 g/mol. The summed E-state index contributed by atoms with van der Waals surface area (Å²) in [5.41, 5.74) is 0.545. The molecule has 5 rings (SSSR count). The fraction of sp³-hybridized carbons (Fsp3) is 0.450. The first-order valence-corrected chi connectivity index (χ1v) is 9.69. The molecule has 0 amide bonds. The maximum Gasteiger partial charge on any atom is 0.201 e. The van der Waals surface area contributed by atoms with E-state index in [1.165, 1.54) is 6.92 Å². The number of aromatic nitrogens is 5. The summed E-state index contributed by atoms with van der Waals surface area (Å²) in [5, 5.41) is 15.7. The van der Waals surface area contributed by atoms with Gasteiger partial charge in [0, 0.05) is 29.8 Å². The van der Waals surface area contributed by atoms with E-state index in [-0.39, 0.29) is 23.1 Å². The highest BCUT2D eigenvalue weighted by Gasteiger charge is 2.52. The Morgan fingerprint density at radius 2 is 2.14 bits per heavy atom. The van der Waals surface area contributed by atoms with E-state index in [0.717, 1.165) is 42.4 Å². The number of aryl methyl sites for hydroxylation is 1. The zero-order valence-corrected chi connectivity index (χ0v) is 16.0. The molecular formula is C20H20F3N5O. The summed E-state index contributed by atoms with van der Waals surface area (Å²) in [4.78, 5) is 0. The third-order valence-corrected chi connectivity index (χ3v) is 6.03. The predicted molar refractivity (Wildman–Crippen MR) is 97.2 cm³/mol. The van der Waals surface area contributed by atoms with Crippen LogP contribution in [0.2, 0.25) is 0 Å². The van der Waals surface area contributed by atoms with Gasteiger partial charge < -0.3 is 9.30 Å². The molecule has 1 N–H and O–H groups in total. The maximum atomic E-state index is 15.4. The molecule has 2 aliphatic rings. The average molecular weight is 403 g/mol. The molecule has 0 fully saturated rings. The molecule has 9 heteroatoms. The van der Waals surface area contributed by atoms with Crippen molar-refractivity contribution in [2.24, 2.45) is 0 Å². The monoisotopic (exact) mass is 403 g/mol. The Morgan fingerprint density at radius 3 is 2.93 bits per heavy atom. The first-order chi connectivity index (χ1) is 13.9. The molecule has 0 spiro atoms. The highest BCUT2D eigenvalue weighted by atomic mass is 19.1. The van der Waals surface area contributed by atoms with Crippen molar-refractivity contribution in [2.45, 2.75) is 57.3 Å². The lowest BCUT2D eigenvalue weighted by Gasteiger charge is -2.27. The number of aromatic amines is 1. The van der Waals surface area contributed by atoms with E-state index in [1.54, 1.807) is 0 Å². The quantitative estimate of drug-likeness (QED) is 0.721. The van der Waals surface area contributed by atoms with Crippen LogP contribution < -0.4 is 4.74 Å². The Morgan fingerprint density at radius 1 is 1.31 bits per heavy atom. The van der Waals surface area contributed by atoms with Crippen LogP contribution in [-0.4, -0.2) is 25.0 Å². The fourth-order valence-electron chi connectivity index (χ4n) is 4.53. The molecule has 3 aromatic rings. The van der Waals surface area contributed by atoms with Crippen molar-refractivity contribution in [1.29, 1.82) is 0 Å². The first-order valence-electron chi connectivity index (χ1n) is 9.69. The molecule has 1 aliphatic carbocycles. The lowest BCUT2D eigenvalue weighted by atomic mass is 9.87. The number of hydrogen-bond donors (Lipinski definition) is 1. The van der Waals surface area contributed by atoms with Crippen LogP contribution >= 0.6 is 0 Å². The topological polar surface area (TPSA) is 68.6 Å². The molecule has 0 saturated heterocycles. The number of H-pyrrole nitrogens is 1. The van der Waals surface area contributed by atoms with Gasteiger partial charge in [-0.2, -0.15) is 5.10 Å². The fourth-order valence-corrected chi connectivity index (χ4v) is 4.53. The molecule has 6 nitrogen and oxygen atoms in total. The van der Waals surface area contributed by atoms with Gasteiger partial charge in [0.2, 0.25) is 5.60 Å². The molecule has 0 bridgehead atoms. The lowest BCUT2D eigenvalue weighted by molar-refractivity contribution is 0.0175. The number of ether oxygens (including phenoxy) is 1. The maximum absolute atomic E-state index is 15.4. The first kappa shape index (κ1) is 18.2. The van der Waals surface area contributed by atoms with E-state index in [0.29, 0.717) is 12.6 Å². The lowest BCUT2D eigenvalue weighted by Crippen LogP contribution is -2.34. The number of fused-ring (bicyclic) bond motifs is 2. The normalized spacial score (nSPS) is 25.6. The standard InChI is InChI=1S/C20H20F3N5O/c1-3-28-18(10-4-5-15-11(6-10)9-24-25-15)26-27-19(28)20(2)17(23)13-7-12(21)8-14(22)16(13)29-20/h7-10,17H,3-6H2,1-2H3,(H,24,25). The minimum absolute atomic E-state index is 0.112. The number of nitrogens with one attached hydrogen (secondary N) is 1. The summed E-state index contributed by atoms with van der Waals surface area (Å²) in [7, 11) is 0. The Kier molecular flexibility index (Phi) is 3.97. The molecule has 2 aromatic heterocycles. The zero-order valence-electron chi connectivity index (χ0n) is 16.0. The van der Waals surface area contributed by atoms with Crippen LogP contribution in [0, 0.1) is 11.6 Å². The number of benzene rings is 1. The van der Waals surface area contributed by atoms with Crippen LogP contribution in [0.3, 0.4) is 0 Å². The summed E-state index contributed by atoms with van der Waals surface area (Å²) >= 11 is 0. The van der Waals surface area contributed by atoms with Crippen molar-refractivity contribution >= 4 is 0 Å². The van der Waals surface area contributed by atoms with Gasteiger partial charge in [-0.05, 0) is 44.7 Å². The Hall–Kier alpha value is -2.84. The minimum atomic E-state index is -1.77. The van der Waals surface area contributed by atoms with Gasteiger partial charge in [0.1, 0.15) is 11.6 Å². The molecule has 1 aliphatic heterocycles. The van der Waals surface area contributed by atoms with E-state index in [9.17, 15) is 8.78 Å². The smallest absolute Gasteiger partial charge is 0.201 e. The second-order valence-electron chi connectivity index (χ2n) is 7.82. The Labute approximate surface area is 165 Å². The third kappa shape index (κ3) is 2.59. The van der Waals surface area contributed by atoms with E-state index in [4.69, 9.17) is 4.74 Å². The SMILES string of the molecule is CCn1c(C2CCc3[nH]ncc3C2)nnc1C1(C)Oc2c(F)cc(F)cc2C1F. The molecule has 1 aromatic carbocycles. The summed E-state index contributed by atoms with van der Waals surface area (Å²) < 4.78 is 50.8. The van der Waals surface area contributed by atoms with Gasteiger partial charge in [0.25, 0.3) is 0 Å². The van der Waals surface area contributed by atoms with E-state index >= 15 is 4.39 Å². The van der Waals surface area contributed by atoms with Crippen molar-refractivity contribution in [3.05, 3.63) is 58.4 Å². The molecule has 3 unspecified atom stereocenters. The van der Waals surface area contributed by atoms with E-state index in [2.05, 4.69) is 20.4 Å². The minimum Gasteiger partial charge on any atom is -0.473 e. The second kappa shape index (κ2) is 6.33. The van der Waals surface area contributed by atoms with Crippen molar-refractivity contribution in [2.75, 3.05) is 0 Å². The summed E-state index contributed by atoms with van der Waals surface area (Å²) in [6.07, 6.45) is 2.53. The zero-order chi connectivity index (χ0) is 20.3. The molecule has 0 radical (unpaired) electrons. The van der Waals surface area contributed by atoms with Crippen molar-refractivity contribution in [3.63, 3.8) is 0 Å². The average Bonchev–Trinajstić information content (AvgIpc) is 3.39. The van der Waals surface area contributed by atoms with Gasteiger partial charge in [-0.3, -0.25) is 5.10 Å². The van der Waals surface area contributed by atoms with Gasteiger partial charge in [-0.15, -0.1) is 10.2 Å². The molecule has 0 saturated carbocycles. The van der Waals surface area contributed by atoms with Gasteiger partial charge in [0.05, 0.1) is 6.20 Å². The Balaban J connectivity index is 1.54. The van der Waals surface area contributed by atoms with Crippen LogP contribution in [-0.2, 0) is 25.0 Å². The Bertz CT molecular complexity index is 1090. The van der Waals surface area contributed by atoms with Crippen LogP contribution in [0.5, 0.6) is 5.75 Å². The van der Waals surface area contributed by atoms with Crippen LogP contribution in [0.15, 0.2) is 18.3 Å². The van der Waals surface area contributed by atoms with Gasteiger partial charge in [-0.1, -0.05) is 0 Å². The highest BCUT2D eigenvalue weighted by Crippen LogP contribution is 2.52. The third-order valence-electron chi connectivity index (χ3n) is 6.03. The van der Waals surface area contributed by atoms with Gasteiger partial charge >= 0.3 is 0 Å². The number of alkyl halides is 1.